The number of hydrogen-bond acceptors (Lipinski definition) is 6. The second-order valence-electron chi connectivity index (χ2n) is 8.42. The van der Waals surface area contributed by atoms with Gasteiger partial charge in [-0.2, -0.15) is 5.26 Å². The van der Waals surface area contributed by atoms with Crippen LogP contribution in [0.15, 0.2) is 84.0 Å². The van der Waals surface area contributed by atoms with E-state index in [9.17, 15) is 14.9 Å². The van der Waals surface area contributed by atoms with E-state index in [0.29, 0.717) is 40.4 Å². The molecule has 0 saturated heterocycles. The Morgan fingerprint density at radius 2 is 1.95 bits per heavy atom. The molecule has 0 bridgehead atoms. The Balaban J connectivity index is 1.44. The molecule has 1 amide bonds. The summed E-state index contributed by atoms with van der Waals surface area (Å²) < 4.78 is 1.54. The van der Waals surface area contributed by atoms with Crippen LogP contribution in [-0.2, 0) is 13.0 Å². The number of halogens is 1. The molecule has 0 radical (unpaired) electrons. The van der Waals surface area contributed by atoms with Crippen LogP contribution in [0.2, 0.25) is 5.02 Å². The number of amides is 1. The fourth-order valence-electron chi connectivity index (χ4n) is 3.85. The number of nitrogen functional groups attached to an aromatic ring is 1. The van der Waals surface area contributed by atoms with Crippen molar-refractivity contribution in [3.8, 4) is 6.07 Å². The molecule has 0 unspecified atom stereocenters. The number of rotatable bonds is 8. The number of carbonyl (C=O) groups excluding carboxylic acids is 1. The van der Waals surface area contributed by atoms with E-state index in [4.69, 9.17) is 22.7 Å². The molecule has 0 atom stereocenters. The van der Waals surface area contributed by atoms with Crippen LogP contribution in [0.4, 0.5) is 5.69 Å². The van der Waals surface area contributed by atoms with Crippen molar-refractivity contribution in [3.05, 3.63) is 128 Å². The molecule has 2 aromatic heterocycles. The molecule has 0 aliphatic rings. The number of carbonyl (C=O) groups is 1. The molecule has 0 aliphatic heterocycles. The number of nitrogens with zero attached hydrogens (tertiary/aromatic N) is 3. The summed E-state index contributed by atoms with van der Waals surface area (Å²) >= 11 is 5.99. The highest BCUT2D eigenvalue weighted by Gasteiger charge is 2.12. The van der Waals surface area contributed by atoms with Crippen LogP contribution < -0.4 is 16.6 Å². The highest BCUT2D eigenvalue weighted by atomic mass is 35.5. The van der Waals surface area contributed by atoms with E-state index < -0.39 is 0 Å². The minimum absolute atomic E-state index is 0.0227. The van der Waals surface area contributed by atoms with Crippen molar-refractivity contribution in [2.75, 3.05) is 12.3 Å². The van der Waals surface area contributed by atoms with Crippen LogP contribution in [-0.4, -0.2) is 27.7 Å². The molecule has 4 rings (SSSR count). The predicted octanol–water partition coefficient (Wildman–Crippen LogP) is 3.79. The highest BCUT2D eigenvalue weighted by molar-refractivity contribution is 6.31. The van der Waals surface area contributed by atoms with Crippen LogP contribution in [0.3, 0.4) is 0 Å². The van der Waals surface area contributed by atoms with Crippen LogP contribution in [0.25, 0.3) is 0 Å². The highest BCUT2D eigenvalue weighted by Crippen LogP contribution is 2.19. The van der Waals surface area contributed by atoms with E-state index >= 15 is 0 Å². The molecule has 4 N–H and O–H groups in total. The molecule has 0 spiro atoms. The average molecular weight is 511 g/mol. The summed E-state index contributed by atoms with van der Waals surface area (Å²) in [7, 11) is 0. The van der Waals surface area contributed by atoms with Crippen LogP contribution in [0.5, 0.6) is 0 Å². The molecule has 2 heterocycles. The molecule has 9 heteroatoms. The average Bonchev–Trinajstić information content (AvgIpc) is 2.90. The smallest absolute Gasteiger partial charge is 0.253 e. The summed E-state index contributed by atoms with van der Waals surface area (Å²) in [5, 5.41) is 21.1. The van der Waals surface area contributed by atoms with Gasteiger partial charge in [-0.25, -0.2) is 0 Å². The fraction of sp³-hybridized carbons (Fsp3) is 0.107. The third kappa shape index (κ3) is 6.28. The molecular weight excluding hydrogens is 488 g/mol. The molecule has 37 heavy (non-hydrogen) atoms. The lowest BCUT2D eigenvalue weighted by Gasteiger charge is -2.11. The van der Waals surface area contributed by atoms with Crippen LogP contribution in [0.1, 0.15) is 38.2 Å². The lowest BCUT2D eigenvalue weighted by molar-refractivity contribution is 0.0959. The van der Waals surface area contributed by atoms with Crippen LogP contribution in [0, 0.1) is 16.7 Å². The van der Waals surface area contributed by atoms with E-state index in [1.54, 1.807) is 59.4 Å². The first-order valence-corrected chi connectivity index (χ1v) is 11.7. The molecular formula is C28H23ClN6O2. The van der Waals surface area contributed by atoms with Gasteiger partial charge in [0.2, 0.25) is 0 Å². The number of pyridine rings is 2. The number of anilines is 1. The summed E-state index contributed by atoms with van der Waals surface area (Å²) in [4.78, 5) is 28.9. The van der Waals surface area contributed by atoms with Gasteiger partial charge in [0, 0.05) is 40.9 Å². The predicted molar refractivity (Wildman–Crippen MR) is 143 cm³/mol. The topological polar surface area (TPSA) is 138 Å². The number of nitrogens with one attached hydrogen (secondary N) is 2. The number of aromatic nitrogens is 2. The second kappa shape index (κ2) is 11.3. The van der Waals surface area contributed by atoms with Crippen molar-refractivity contribution >= 4 is 28.9 Å². The minimum atomic E-state index is -0.374. The van der Waals surface area contributed by atoms with Gasteiger partial charge in [0.25, 0.3) is 11.5 Å². The second-order valence-corrected chi connectivity index (χ2v) is 8.86. The van der Waals surface area contributed by atoms with Crippen molar-refractivity contribution in [2.24, 2.45) is 0 Å². The van der Waals surface area contributed by atoms with Gasteiger partial charge in [-0.1, -0.05) is 29.8 Å². The van der Waals surface area contributed by atoms with Crippen molar-refractivity contribution in [2.45, 2.75) is 13.0 Å². The summed E-state index contributed by atoms with van der Waals surface area (Å²) in [6.07, 6.45) is 5.26. The van der Waals surface area contributed by atoms with Crippen molar-refractivity contribution < 1.29 is 4.79 Å². The Morgan fingerprint density at radius 3 is 2.73 bits per heavy atom. The lowest BCUT2D eigenvalue weighted by Crippen LogP contribution is -2.30. The number of nitrogens with two attached hydrogens (primary N) is 1. The van der Waals surface area contributed by atoms with Gasteiger partial charge in [0.1, 0.15) is 0 Å². The largest absolute Gasteiger partial charge is 0.398 e. The first kappa shape index (κ1) is 25.4. The van der Waals surface area contributed by atoms with Gasteiger partial charge in [0.05, 0.1) is 36.0 Å². The van der Waals surface area contributed by atoms with Crippen molar-refractivity contribution in [3.63, 3.8) is 0 Å². The summed E-state index contributed by atoms with van der Waals surface area (Å²) in [6.45, 7) is 0.279. The third-order valence-corrected chi connectivity index (χ3v) is 6.00. The molecule has 0 aliphatic carbocycles. The zero-order valence-corrected chi connectivity index (χ0v) is 20.5. The van der Waals surface area contributed by atoms with E-state index in [1.807, 2.05) is 12.1 Å². The monoisotopic (exact) mass is 510 g/mol. The van der Waals surface area contributed by atoms with Gasteiger partial charge in [-0.3, -0.25) is 14.6 Å². The summed E-state index contributed by atoms with van der Waals surface area (Å²) in [5.41, 5.74) is 10.0. The molecule has 0 saturated carbocycles. The third-order valence-electron chi connectivity index (χ3n) is 5.77. The first-order valence-electron chi connectivity index (χ1n) is 11.4. The molecule has 2 aromatic carbocycles. The zero-order chi connectivity index (χ0) is 26.4. The number of benzene rings is 2. The Morgan fingerprint density at radius 1 is 1.11 bits per heavy atom. The molecule has 184 valence electrons. The standard InChI is InChI=1S/C28H23ClN6O2/c29-23-6-7-25(31)24(12-23)26(32)16-34-28(37)22-11-19(14-33-15-22)9-18-4-5-20(21(10-18)13-30)17-35-8-2-1-3-27(35)36/h1-8,10-12,14-15,32H,9,16-17,31H2,(H,34,37). The minimum Gasteiger partial charge on any atom is -0.398 e. The van der Waals surface area contributed by atoms with Crippen molar-refractivity contribution in [1.82, 2.24) is 14.9 Å². The van der Waals surface area contributed by atoms with E-state index in [2.05, 4.69) is 16.4 Å². The molecule has 8 nitrogen and oxygen atoms in total. The quantitative estimate of drug-likeness (QED) is 0.244. The zero-order valence-electron chi connectivity index (χ0n) is 19.7. The van der Waals surface area contributed by atoms with Crippen molar-refractivity contribution in [1.29, 1.82) is 10.7 Å². The normalized spacial score (nSPS) is 10.5. The Hall–Kier alpha value is -4.74. The fourth-order valence-corrected chi connectivity index (χ4v) is 4.02. The van der Waals surface area contributed by atoms with E-state index in [0.717, 1.165) is 16.7 Å². The Kier molecular flexibility index (Phi) is 7.77. The molecule has 4 aromatic rings. The van der Waals surface area contributed by atoms with Gasteiger partial charge < -0.3 is 21.0 Å². The maximum atomic E-state index is 12.7. The van der Waals surface area contributed by atoms with Gasteiger partial charge >= 0.3 is 0 Å². The van der Waals surface area contributed by atoms with Gasteiger partial charge in [-0.15, -0.1) is 0 Å². The van der Waals surface area contributed by atoms with Gasteiger partial charge in [0.15, 0.2) is 0 Å². The SMILES string of the molecule is N#Cc1cc(Cc2cncc(C(=O)NCC(=N)c3cc(Cl)ccc3N)c2)ccc1Cn1ccccc1=O. The van der Waals surface area contributed by atoms with Gasteiger partial charge in [-0.05, 0) is 59.5 Å². The Labute approximate surface area is 218 Å². The van der Waals surface area contributed by atoms with E-state index in [1.165, 1.54) is 12.3 Å². The summed E-state index contributed by atoms with van der Waals surface area (Å²) in [6, 6.07) is 19.2. The summed E-state index contributed by atoms with van der Waals surface area (Å²) in [5.74, 6) is -0.374. The number of nitriles is 1. The maximum absolute atomic E-state index is 12.7. The van der Waals surface area contributed by atoms with Crippen LogP contribution >= 0.6 is 11.6 Å². The lowest BCUT2D eigenvalue weighted by atomic mass is 9.99. The first-order chi connectivity index (χ1) is 17.8. The maximum Gasteiger partial charge on any atom is 0.253 e. The Bertz CT molecular complexity index is 1590. The number of hydrogen-bond donors (Lipinski definition) is 3. The molecule has 0 fully saturated rings. The van der Waals surface area contributed by atoms with E-state index in [-0.39, 0.29) is 23.7 Å².